The molecule has 2 aliphatic heterocycles. The summed E-state index contributed by atoms with van der Waals surface area (Å²) in [6.07, 6.45) is 19.4. The molecule has 0 aliphatic carbocycles. The fourth-order valence-electron chi connectivity index (χ4n) is 9.53. The van der Waals surface area contributed by atoms with Gasteiger partial charge in [-0.15, -0.1) is 0 Å². The molecule has 2 heterocycles. The molecule has 0 unspecified atom stereocenters. The van der Waals surface area contributed by atoms with E-state index in [1.807, 2.05) is 24.3 Å². The molecule has 4 amide bonds. The van der Waals surface area contributed by atoms with Crippen molar-refractivity contribution in [1.82, 2.24) is 9.80 Å². The Bertz CT molecular complexity index is 2160. The van der Waals surface area contributed by atoms with Crippen molar-refractivity contribution in [1.29, 1.82) is 0 Å². The first-order valence-corrected chi connectivity index (χ1v) is 23.5. The van der Waals surface area contributed by atoms with Crippen LogP contribution in [0.3, 0.4) is 0 Å². The molecule has 328 valence electrons. The molecule has 10 nitrogen and oxygen atoms in total. The Labute approximate surface area is 365 Å². The molecule has 0 saturated carbocycles. The lowest BCUT2D eigenvalue weighted by Gasteiger charge is -2.30. The lowest BCUT2D eigenvalue weighted by Crippen LogP contribution is -2.41. The molecule has 5 aromatic carbocycles. The summed E-state index contributed by atoms with van der Waals surface area (Å²) >= 11 is 0. The average Bonchev–Trinajstić information content (AvgIpc) is 3.27. The maximum atomic E-state index is 14.0. The number of nitrogens with zero attached hydrogens (tertiary/aromatic N) is 2. The van der Waals surface area contributed by atoms with Crippen molar-refractivity contribution in [2.45, 2.75) is 142 Å². The van der Waals surface area contributed by atoms with Crippen molar-refractivity contribution in [2.24, 2.45) is 0 Å². The first-order chi connectivity index (χ1) is 30.3. The van der Waals surface area contributed by atoms with Crippen LogP contribution < -0.4 is 0 Å². The summed E-state index contributed by atoms with van der Waals surface area (Å²) in [6.45, 7) is 5.40. The fourth-order valence-corrected chi connectivity index (χ4v) is 9.53. The van der Waals surface area contributed by atoms with Crippen LogP contribution >= 0.6 is 0 Å². The third-order valence-corrected chi connectivity index (χ3v) is 12.9. The monoisotopic (exact) mass is 842 g/mol. The molecular weight excluding hydrogens is 781 g/mol. The van der Waals surface area contributed by atoms with E-state index in [0.29, 0.717) is 59.1 Å². The van der Waals surface area contributed by atoms with E-state index in [9.17, 15) is 28.8 Å². The van der Waals surface area contributed by atoms with Crippen molar-refractivity contribution in [3.05, 3.63) is 70.8 Å². The molecule has 0 saturated heterocycles. The summed E-state index contributed by atoms with van der Waals surface area (Å²) in [5.74, 6) is -2.24. The van der Waals surface area contributed by atoms with Gasteiger partial charge in [0.1, 0.15) is 0 Å². The van der Waals surface area contributed by atoms with Gasteiger partial charge in [-0.3, -0.25) is 38.6 Å². The summed E-state index contributed by atoms with van der Waals surface area (Å²) in [4.78, 5) is 83.3. The van der Waals surface area contributed by atoms with Gasteiger partial charge in [-0.25, -0.2) is 0 Å². The number of carbonyl (C=O) groups is 6. The predicted molar refractivity (Wildman–Crippen MR) is 244 cm³/mol. The number of ether oxygens (including phenoxy) is 2. The third-order valence-electron chi connectivity index (χ3n) is 12.9. The second kappa shape index (κ2) is 21.1. The van der Waals surface area contributed by atoms with Crippen molar-refractivity contribution in [2.75, 3.05) is 26.3 Å². The van der Waals surface area contributed by atoms with E-state index >= 15 is 0 Å². The van der Waals surface area contributed by atoms with Gasteiger partial charge in [0.15, 0.2) is 0 Å². The molecule has 2 aliphatic rings. The van der Waals surface area contributed by atoms with Crippen LogP contribution in [-0.4, -0.2) is 71.7 Å². The van der Waals surface area contributed by atoms with Crippen molar-refractivity contribution in [3.8, 4) is 0 Å². The number of rotatable bonds is 26. The van der Waals surface area contributed by atoms with Gasteiger partial charge < -0.3 is 9.47 Å². The van der Waals surface area contributed by atoms with E-state index < -0.39 is 23.6 Å². The molecule has 5 aromatic rings. The first kappa shape index (κ1) is 44.7. The minimum atomic E-state index is -0.400. The zero-order valence-electron chi connectivity index (χ0n) is 36.7. The largest absolute Gasteiger partial charge is 0.466 e. The van der Waals surface area contributed by atoms with E-state index in [0.717, 1.165) is 70.8 Å². The van der Waals surface area contributed by atoms with E-state index in [2.05, 4.69) is 13.8 Å². The summed E-state index contributed by atoms with van der Waals surface area (Å²) in [5.41, 5.74) is 1.68. The first-order valence-electron chi connectivity index (χ1n) is 23.5. The summed E-state index contributed by atoms with van der Waals surface area (Å²) < 4.78 is 10.9. The number of hydrogen-bond donors (Lipinski definition) is 0. The molecular formula is C52H62N2O8. The number of unbranched alkanes of at least 4 members (excludes halogenated alkanes) is 14. The van der Waals surface area contributed by atoms with Crippen LogP contribution in [0.2, 0.25) is 0 Å². The zero-order chi connectivity index (χ0) is 43.6. The highest BCUT2D eigenvalue weighted by atomic mass is 16.5. The molecule has 0 fully saturated rings. The van der Waals surface area contributed by atoms with Crippen molar-refractivity contribution < 1.29 is 38.2 Å². The van der Waals surface area contributed by atoms with Crippen LogP contribution in [0.1, 0.15) is 184 Å². The van der Waals surface area contributed by atoms with Crippen LogP contribution in [0.15, 0.2) is 48.5 Å². The van der Waals surface area contributed by atoms with Crippen molar-refractivity contribution >= 4 is 78.7 Å². The second-order valence-corrected chi connectivity index (χ2v) is 17.3. The smallest absolute Gasteiger partial charge is 0.305 e. The van der Waals surface area contributed by atoms with Gasteiger partial charge in [0.05, 0.1) is 13.2 Å². The van der Waals surface area contributed by atoms with Gasteiger partial charge >= 0.3 is 11.9 Å². The molecule has 10 heteroatoms. The average molecular weight is 843 g/mol. The minimum Gasteiger partial charge on any atom is -0.466 e. The summed E-state index contributed by atoms with van der Waals surface area (Å²) in [5, 5.41) is 6.01. The Hall–Kier alpha value is -5.38. The lowest BCUT2D eigenvalue weighted by atomic mass is 9.82. The van der Waals surface area contributed by atoms with Crippen LogP contribution in [0.25, 0.3) is 43.1 Å². The van der Waals surface area contributed by atoms with Crippen LogP contribution in [0, 0.1) is 0 Å². The zero-order valence-corrected chi connectivity index (χ0v) is 36.7. The Morgan fingerprint density at radius 1 is 0.387 bits per heavy atom. The normalized spacial score (nSPS) is 13.8. The highest BCUT2D eigenvalue weighted by Gasteiger charge is 2.37. The maximum absolute atomic E-state index is 14.0. The molecule has 0 spiro atoms. The van der Waals surface area contributed by atoms with Crippen LogP contribution in [0.5, 0.6) is 0 Å². The quantitative estimate of drug-likeness (QED) is 0.0177. The maximum Gasteiger partial charge on any atom is 0.305 e. The Kier molecular flexibility index (Phi) is 15.2. The van der Waals surface area contributed by atoms with Gasteiger partial charge in [0.2, 0.25) is 0 Å². The number of esters is 2. The van der Waals surface area contributed by atoms with E-state index in [4.69, 9.17) is 9.47 Å². The SMILES string of the molecule is CCCCCCCCCCOC(=O)CCCN1C(=O)c2ccc3c4ccc5c6c(ccc(c7ccc(c2c37)C1=O)c64)C(=O)N(CCCC(=O)OCCCCCCCCCC)C5=O. The number of benzene rings is 5. The van der Waals surface area contributed by atoms with Gasteiger partial charge in [-0.05, 0) is 82.3 Å². The standard InChI is InChI=1S/C52H62N2O8/c1-3-5-7-9-11-13-15-17-33-61-43(55)21-19-31-53-49(57)39-27-23-35-37-25-29-41-48-42(30-26-38(46(37)48)36-24-28-40(50(53)58)47(39)45(35)36)52(60)54(51(41)59)32-20-22-44(56)62-34-18-16-14-12-10-8-6-4-2/h23-30H,3-22,31-34H2,1-2H3. The Balaban J connectivity index is 0.993. The molecule has 0 aromatic heterocycles. The summed E-state index contributed by atoms with van der Waals surface area (Å²) in [6, 6.07) is 14.6. The van der Waals surface area contributed by atoms with Gasteiger partial charge in [-0.1, -0.05) is 128 Å². The van der Waals surface area contributed by atoms with Gasteiger partial charge in [0, 0.05) is 59.0 Å². The highest BCUT2D eigenvalue weighted by Crippen LogP contribution is 2.46. The van der Waals surface area contributed by atoms with Crippen LogP contribution in [0.4, 0.5) is 0 Å². The predicted octanol–water partition coefficient (Wildman–Crippen LogP) is 11.9. The lowest BCUT2D eigenvalue weighted by molar-refractivity contribution is -0.144. The summed E-state index contributed by atoms with van der Waals surface area (Å²) in [7, 11) is 0. The number of carbonyl (C=O) groups excluding carboxylic acids is 6. The molecule has 0 N–H and O–H groups in total. The molecule has 0 bridgehead atoms. The molecule has 0 atom stereocenters. The van der Waals surface area contributed by atoms with E-state index in [1.165, 1.54) is 74.0 Å². The number of amides is 4. The Morgan fingerprint density at radius 3 is 0.984 bits per heavy atom. The Morgan fingerprint density at radius 2 is 0.677 bits per heavy atom. The topological polar surface area (TPSA) is 127 Å². The van der Waals surface area contributed by atoms with E-state index in [-0.39, 0.29) is 37.9 Å². The van der Waals surface area contributed by atoms with E-state index in [1.54, 1.807) is 24.3 Å². The minimum absolute atomic E-state index is 0.102. The van der Waals surface area contributed by atoms with Crippen LogP contribution in [-0.2, 0) is 19.1 Å². The second-order valence-electron chi connectivity index (χ2n) is 17.3. The number of fused-ring (bicyclic) bond motifs is 2. The van der Waals surface area contributed by atoms with Gasteiger partial charge in [0.25, 0.3) is 23.6 Å². The molecule has 7 rings (SSSR count). The molecule has 62 heavy (non-hydrogen) atoms. The van der Waals surface area contributed by atoms with Gasteiger partial charge in [-0.2, -0.15) is 0 Å². The van der Waals surface area contributed by atoms with Crippen molar-refractivity contribution in [3.63, 3.8) is 0 Å². The third kappa shape index (κ3) is 9.49. The fraction of sp³-hybridized carbons (Fsp3) is 0.500. The highest BCUT2D eigenvalue weighted by molar-refractivity contribution is 6.41. The number of hydrogen-bond acceptors (Lipinski definition) is 8. The number of imide groups is 2. The molecule has 0 radical (unpaired) electrons.